The fraction of sp³-hybridized carbons (Fsp3) is 0.263. The van der Waals surface area contributed by atoms with Crippen LogP contribution >= 0.6 is 0 Å². The van der Waals surface area contributed by atoms with Crippen molar-refractivity contribution in [3.8, 4) is 0 Å². The molecule has 0 radical (unpaired) electrons. The van der Waals surface area contributed by atoms with E-state index in [0.29, 0.717) is 5.56 Å². The molecule has 2 aromatic carbocycles. The van der Waals surface area contributed by atoms with Crippen LogP contribution in [0.25, 0.3) is 0 Å². The largest absolute Gasteiger partial charge is 0.388 e. The number of carbonyl (C=O) groups is 2. The van der Waals surface area contributed by atoms with Gasteiger partial charge in [-0.3, -0.25) is 14.5 Å². The fourth-order valence-corrected chi connectivity index (χ4v) is 4.32. The molecule has 142 valence electrons. The minimum Gasteiger partial charge on any atom is -0.388 e. The van der Waals surface area contributed by atoms with E-state index < -0.39 is 34.0 Å². The normalized spacial score (nSPS) is 16.3. The number of imide groups is 1. The molecular weight excluding hydrogens is 368 g/mol. The van der Waals surface area contributed by atoms with E-state index in [1.807, 2.05) is 6.07 Å². The average molecular weight is 388 g/mol. The molecule has 0 bridgehead atoms. The lowest BCUT2D eigenvalue weighted by atomic mass is 10.0. The summed E-state index contributed by atoms with van der Waals surface area (Å²) in [4.78, 5) is 24.8. The molecule has 0 unspecified atom stereocenters. The second kappa shape index (κ2) is 7.22. The molecule has 2 aromatic rings. The van der Waals surface area contributed by atoms with Crippen LogP contribution in [0.5, 0.6) is 0 Å². The summed E-state index contributed by atoms with van der Waals surface area (Å²) in [7, 11) is -2.56. The highest BCUT2D eigenvalue weighted by Crippen LogP contribution is 2.25. The maximum Gasteiger partial charge on any atom is 0.261 e. The Labute approximate surface area is 157 Å². The SMILES string of the molecule is C[C@H](C[C@@H](O)c1ccccc1)NS(=O)(=O)c1ccc2c(c1)C(=O)N(C)C2=O. The lowest BCUT2D eigenvalue weighted by molar-refractivity contribution is 0.0693. The van der Waals surface area contributed by atoms with E-state index in [4.69, 9.17) is 0 Å². The highest BCUT2D eigenvalue weighted by molar-refractivity contribution is 7.89. The zero-order valence-corrected chi connectivity index (χ0v) is 15.7. The average Bonchev–Trinajstić information content (AvgIpc) is 2.86. The second-order valence-electron chi connectivity index (χ2n) is 6.56. The lowest BCUT2D eigenvalue weighted by Gasteiger charge is -2.18. The van der Waals surface area contributed by atoms with Crippen molar-refractivity contribution in [3.63, 3.8) is 0 Å². The molecule has 2 atom stereocenters. The third-order valence-electron chi connectivity index (χ3n) is 4.49. The van der Waals surface area contributed by atoms with Crippen LogP contribution in [-0.4, -0.2) is 43.3 Å². The first kappa shape index (κ1) is 19.2. The van der Waals surface area contributed by atoms with Gasteiger partial charge in [0.05, 0.1) is 22.1 Å². The molecule has 0 spiro atoms. The Bertz CT molecular complexity index is 988. The summed E-state index contributed by atoms with van der Waals surface area (Å²) in [5.74, 6) is -0.981. The molecule has 2 N–H and O–H groups in total. The van der Waals surface area contributed by atoms with E-state index in [2.05, 4.69) is 4.72 Å². The van der Waals surface area contributed by atoms with Crippen molar-refractivity contribution >= 4 is 21.8 Å². The lowest BCUT2D eigenvalue weighted by Crippen LogP contribution is -2.34. The smallest absolute Gasteiger partial charge is 0.261 e. The van der Waals surface area contributed by atoms with Gasteiger partial charge in [0.15, 0.2) is 0 Å². The number of hydrogen-bond acceptors (Lipinski definition) is 5. The summed E-state index contributed by atoms with van der Waals surface area (Å²) in [6.07, 6.45) is -0.620. The van der Waals surface area contributed by atoms with Gasteiger partial charge in [-0.25, -0.2) is 13.1 Å². The quantitative estimate of drug-likeness (QED) is 0.733. The number of hydrogen-bond donors (Lipinski definition) is 2. The Hall–Kier alpha value is -2.55. The zero-order valence-electron chi connectivity index (χ0n) is 14.9. The number of nitrogens with one attached hydrogen (secondary N) is 1. The highest BCUT2D eigenvalue weighted by Gasteiger charge is 2.34. The van der Waals surface area contributed by atoms with E-state index in [9.17, 15) is 23.1 Å². The Morgan fingerprint density at radius 2 is 1.67 bits per heavy atom. The van der Waals surface area contributed by atoms with Crippen molar-refractivity contribution in [2.24, 2.45) is 0 Å². The van der Waals surface area contributed by atoms with E-state index in [1.165, 1.54) is 25.2 Å². The Kier molecular flexibility index (Phi) is 5.14. The Morgan fingerprint density at radius 3 is 2.33 bits per heavy atom. The third-order valence-corrected chi connectivity index (χ3v) is 6.08. The molecule has 1 heterocycles. The summed E-state index contributed by atoms with van der Waals surface area (Å²) < 4.78 is 27.8. The molecule has 0 aromatic heterocycles. The maximum atomic E-state index is 12.6. The molecule has 0 saturated carbocycles. The van der Waals surface area contributed by atoms with Gasteiger partial charge in [0.2, 0.25) is 10.0 Å². The number of amides is 2. The first-order valence-corrected chi connectivity index (χ1v) is 9.91. The van der Waals surface area contributed by atoms with Gasteiger partial charge in [-0.1, -0.05) is 30.3 Å². The number of aliphatic hydroxyl groups is 1. The minimum atomic E-state index is -3.91. The standard InChI is InChI=1S/C19H20N2O5S/c1-12(10-17(22)13-6-4-3-5-7-13)20-27(25,26)14-8-9-15-16(11-14)19(24)21(2)18(15)23/h3-9,11-12,17,20,22H,10H2,1-2H3/t12-,17-/m1/s1. The number of aliphatic hydroxyl groups excluding tert-OH is 1. The van der Waals surface area contributed by atoms with E-state index in [0.717, 1.165) is 4.90 Å². The number of nitrogens with zero attached hydrogens (tertiary/aromatic N) is 1. The van der Waals surface area contributed by atoms with Crippen molar-refractivity contribution in [2.75, 3.05) is 7.05 Å². The van der Waals surface area contributed by atoms with Gasteiger partial charge >= 0.3 is 0 Å². The van der Waals surface area contributed by atoms with Crippen molar-refractivity contribution in [3.05, 3.63) is 65.2 Å². The third kappa shape index (κ3) is 3.78. The molecule has 1 aliphatic heterocycles. The molecule has 8 heteroatoms. The van der Waals surface area contributed by atoms with Crippen molar-refractivity contribution in [2.45, 2.75) is 30.4 Å². The van der Waals surface area contributed by atoms with Crippen LogP contribution in [0.4, 0.5) is 0 Å². The Balaban J connectivity index is 1.76. The molecule has 7 nitrogen and oxygen atoms in total. The molecule has 0 saturated heterocycles. The van der Waals surface area contributed by atoms with Gasteiger partial charge in [0, 0.05) is 13.1 Å². The maximum absolute atomic E-state index is 12.6. The fourth-order valence-electron chi connectivity index (χ4n) is 3.03. The Morgan fingerprint density at radius 1 is 1.04 bits per heavy atom. The molecular formula is C19H20N2O5S. The predicted molar refractivity (Wildman–Crippen MR) is 98.7 cm³/mol. The van der Waals surface area contributed by atoms with E-state index >= 15 is 0 Å². The first-order valence-electron chi connectivity index (χ1n) is 8.42. The van der Waals surface area contributed by atoms with Crippen molar-refractivity contribution in [1.82, 2.24) is 9.62 Å². The van der Waals surface area contributed by atoms with Crippen LogP contribution in [0, 0.1) is 0 Å². The summed E-state index contributed by atoms with van der Waals surface area (Å²) in [5.41, 5.74) is 0.963. The second-order valence-corrected chi connectivity index (χ2v) is 8.28. The summed E-state index contributed by atoms with van der Waals surface area (Å²) in [6.45, 7) is 1.65. The van der Waals surface area contributed by atoms with Crippen LogP contribution in [0.1, 0.15) is 45.7 Å². The van der Waals surface area contributed by atoms with Crippen LogP contribution in [0.15, 0.2) is 53.4 Å². The summed E-state index contributed by atoms with van der Waals surface area (Å²) in [6, 6.07) is 12.3. The minimum absolute atomic E-state index is 0.0716. The molecule has 0 fully saturated rings. The number of benzene rings is 2. The number of rotatable bonds is 6. The molecule has 27 heavy (non-hydrogen) atoms. The topological polar surface area (TPSA) is 104 Å². The van der Waals surface area contributed by atoms with Gasteiger partial charge in [-0.2, -0.15) is 0 Å². The van der Waals surface area contributed by atoms with Gasteiger partial charge in [-0.05, 0) is 37.1 Å². The van der Waals surface area contributed by atoms with Crippen LogP contribution in [-0.2, 0) is 10.0 Å². The summed E-state index contributed by atoms with van der Waals surface area (Å²) in [5, 5.41) is 10.3. The molecule has 0 aliphatic carbocycles. The molecule has 2 amide bonds. The summed E-state index contributed by atoms with van der Waals surface area (Å²) >= 11 is 0. The number of sulfonamides is 1. The van der Waals surface area contributed by atoms with Crippen LogP contribution in [0.3, 0.4) is 0 Å². The van der Waals surface area contributed by atoms with Gasteiger partial charge < -0.3 is 5.11 Å². The number of fused-ring (bicyclic) bond motifs is 1. The van der Waals surface area contributed by atoms with Crippen molar-refractivity contribution < 1.29 is 23.1 Å². The monoisotopic (exact) mass is 388 g/mol. The molecule has 3 rings (SSSR count). The number of carbonyl (C=O) groups excluding carboxylic acids is 2. The predicted octanol–water partition coefficient (Wildman–Crippen LogP) is 1.70. The molecule has 1 aliphatic rings. The highest BCUT2D eigenvalue weighted by atomic mass is 32.2. The van der Waals surface area contributed by atoms with E-state index in [1.54, 1.807) is 31.2 Å². The van der Waals surface area contributed by atoms with Crippen LogP contribution in [0.2, 0.25) is 0 Å². The van der Waals surface area contributed by atoms with Crippen LogP contribution < -0.4 is 4.72 Å². The van der Waals surface area contributed by atoms with Crippen molar-refractivity contribution in [1.29, 1.82) is 0 Å². The van der Waals surface area contributed by atoms with E-state index in [-0.39, 0.29) is 22.4 Å². The zero-order chi connectivity index (χ0) is 19.8. The first-order chi connectivity index (χ1) is 12.7. The van der Waals surface area contributed by atoms with Gasteiger partial charge in [0.25, 0.3) is 11.8 Å². The van der Waals surface area contributed by atoms with Gasteiger partial charge in [-0.15, -0.1) is 0 Å². The van der Waals surface area contributed by atoms with Gasteiger partial charge in [0.1, 0.15) is 0 Å².